The van der Waals surface area contributed by atoms with Gasteiger partial charge in [-0.1, -0.05) is 111 Å². The molecule has 0 aliphatic heterocycles. The van der Waals surface area contributed by atoms with Crippen molar-refractivity contribution in [2.75, 3.05) is 0 Å². The SMILES string of the molecule is C.C.C.C.C=C/C=C(C(=C/C)\CC)/C(=C(/CC)C(=C)C)c1ccccc1. The summed E-state index contributed by atoms with van der Waals surface area (Å²) in [6.07, 6.45) is 8.17. The van der Waals surface area contributed by atoms with Crippen molar-refractivity contribution in [3.63, 3.8) is 0 Å². The van der Waals surface area contributed by atoms with E-state index in [9.17, 15) is 0 Å². The maximum absolute atomic E-state index is 4.20. The molecule has 0 atom stereocenters. The maximum Gasteiger partial charge on any atom is -0.00744 e. The number of benzene rings is 1. The molecule has 1 aromatic carbocycles. The first-order chi connectivity index (χ1) is 10.6. The molecule has 1 rings (SSSR count). The standard InChI is InChI=1S/C22H28.4CH4/c1-7-14-21(18(8-2)9-3)22(20(10-4)17(5)6)19-15-12-11-13-16-19;;;;/h7-8,11-16H,1,5,9-10H2,2-4,6H3;4*1H4/b18-8-,21-14+,22-20-;;;;. The first-order valence-electron chi connectivity index (χ1n) is 8.03. The molecule has 1 aromatic rings. The monoisotopic (exact) mass is 356 g/mol. The number of rotatable bonds is 7. The highest BCUT2D eigenvalue weighted by Crippen LogP contribution is 2.36. The number of allylic oxidation sites excluding steroid dienone is 8. The van der Waals surface area contributed by atoms with E-state index < -0.39 is 0 Å². The first-order valence-corrected chi connectivity index (χ1v) is 8.03. The summed E-state index contributed by atoms with van der Waals surface area (Å²) >= 11 is 0. The van der Waals surface area contributed by atoms with Crippen LogP contribution in [0.4, 0.5) is 0 Å². The van der Waals surface area contributed by atoms with Crippen molar-refractivity contribution in [3.8, 4) is 0 Å². The summed E-state index contributed by atoms with van der Waals surface area (Å²) in [4.78, 5) is 0. The Balaban J connectivity index is -0.000000605. The molecule has 0 saturated heterocycles. The van der Waals surface area contributed by atoms with Crippen LogP contribution < -0.4 is 0 Å². The minimum atomic E-state index is 0. The van der Waals surface area contributed by atoms with Crippen molar-refractivity contribution in [3.05, 3.63) is 89.6 Å². The number of hydrogen-bond donors (Lipinski definition) is 0. The average molecular weight is 357 g/mol. The third kappa shape index (κ3) is 7.87. The van der Waals surface area contributed by atoms with Crippen LogP contribution >= 0.6 is 0 Å². The lowest BCUT2D eigenvalue weighted by Crippen LogP contribution is -2.00. The summed E-state index contributed by atoms with van der Waals surface area (Å²) in [6, 6.07) is 10.6. The van der Waals surface area contributed by atoms with Crippen LogP contribution in [0.15, 0.2) is 84.0 Å². The van der Waals surface area contributed by atoms with Gasteiger partial charge in [-0.15, -0.1) is 0 Å². The van der Waals surface area contributed by atoms with E-state index in [1.807, 2.05) is 6.08 Å². The third-order valence-corrected chi connectivity index (χ3v) is 3.86. The van der Waals surface area contributed by atoms with Gasteiger partial charge in [0.1, 0.15) is 0 Å². The molecule has 0 heterocycles. The Labute approximate surface area is 165 Å². The van der Waals surface area contributed by atoms with Crippen LogP contribution in [0.2, 0.25) is 0 Å². The molecule has 148 valence electrons. The molecular formula is C26H44. The van der Waals surface area contributed by atoms with Crippen molar-refractivity contribution in [1.82, 2.24) is 0 Å². The van der Waals surface area contributed by atoms with Crippen LogP contribution in [0.1, 0.15) is 75.8 Å². The lowest BCUT2D eigenvalue weighted by molar-refractivity contribution is 1.09. The van der Waals surface area contributed by atoms with Crippen molar-refractivity contribution in [2.24, 2.45) is 0 Å². The fraction of sp³-hybridized carbons (Fsp3) is 0.385. The van der Waals surface area contributed by atoms with E-state index in [4.69, 9.17) is 0 Å². The van der Waals surface area contributed by atoms with Crippen molar-refractivity contribution >= 4 is 5.57 Å². The summed E-state index contributed by atoms with van der Waals surface area (Å²) in [6.45, 7) is 16.7. The quantitative estimate of drug-likeness (QED) is 0.427. The van der Waals surface area contributed by atoms with E-state index in [-0.39, 0.29) is 29.7 Å². The molecule has 0 unspecified atom stereocenters. The van der Waals surface area contributed by atoms with Gasteiger partial charge in [0.2, 0.25) is 0 Å². The molecule has 0 fully saturated rings. The molecule has 0 heteroatoms. The fourth-order valence-electron chi connectivity index (χ4n) is 2.81. The minimum absolute atomic E-state index is 0. The smallest absolute Gasteiger partial charge is 0.00744 e. The van der Waals surface area contributed by atoms with Crippen LogP contribution in [-0.2, 0) is 0 Å². The lowest BCUT2D eigenvalue weighted by Gasteiger charge is -2.20. The molecule has 0 spiro atoms. The average Bonchev–Trinajstić information content (AvgIpc) is 2.53. The summed E-state index contributed by atoms with van der Waals surface area (Å²) < 4.78 is 0. The van der Waals surface area contributed by atoms with Gasteiger partial charge < -0.3 is 0 Å². The normalized spacial score (nSPS) is 11.5. The largest absolute Gasteiger partial charge is 0.0990 e. The van der Waals surface area contributed by atoms with Crippen molar-refractivity contribution in [1.29, 1.82) is 0 Å². The van der Waals surface area contributed by atoms with Gasteiger partial charge in [0.15, 0.2) is 0 Å². The maximum atomic E-state index is 4.20. The van der Waals surface area contributed by atoms with Gasteiger partial charge in [0, 0.05) is 0 Å². The Hall–Kier alpha value is -2.08. The fourth-order valence-corrected chi connectivity index (χ4v) is 2.81. The molecule has 0 saturated carbocycles. The van der Waals surface area contributed by atoms with E-state index in [1.165, 1.54) is 27.9 Å². The molecule has 0 aliphatic rings. The summed E-state index contributed by atoms with van der Waals surface area (Å²) in [7, 11) is 0. The highest BCUT2D eigenvalue weighted by Gasteiger charge is 2.15. The molecule has 0 bridgehead atoms. The van der Waals surface area contributed by atoms with Gasteiger partial charge in [-0.05, 0) is 54.5 Å². The Bertz CT molecular complexity index is 607. The zero-order valence-corrected chi connectivity index (χ0v) is 14.4. The van der Waals surface area contributed by atoms with Gasteiger partial charge in [0.05, 0.1) is 0 Å². The topological polar surface area (TPSA) is 0 Å². The third-order valence-electron chi connectivity index (χ3n) is 3.86. The predicted molar refractivity (Wildman–Crippen MR) is 128 cm³/mol. The van der Waals surface area contributed by atoms with Crippen LogP contribution in [0.3, 0.4) is 0 Å². The summed E-state index contributed by atoms with van der Waals surface area (Å²) in [5, 5.41) is 0. The number of hydrogen-bond acceptors (Lipinski definition) is 0. The second kappa shape index (κ2) is 16.4. The summed E-state index contributed by atoms with van der Waals surface area (Å²) in [5.74, 6) is 0. The highest BCUT2D eigenvalue weighted by molar-refractivity contribution is 5.87. The molecule has 0 amide bonds. The highest BCUT2D eigenvalue weighted by atomic mass is 14.2. The van der Waals surface area contributed by atoms with E-state index >= 15 is 0 Å². The Morgan fingerprint density at radius 1 is 0.962 bits per heavy atom. The van der Waals surface area contributed by atoms with Gasteiger partial charge in [-0.3, -0.25) is 0 Å². The van der Waals surface area contributed by atoms with Gasteiger partial charge in [-0.25, -0.2) is 0 Å². The predicted octanol–water partition coefficient (Wildman–Crippen LogP) is 9.44. The zero-order chi connectivity index (χ0) is 16.5. The van der Waals surface area contributed by atoms with Crippen LogP contribution in [0, 0.1) is 0 Å². The Morgan fingerprint density at radius 3 is 1.85 bits per heavy atom. The molecule has 0 radical (unpaired) electrons. The van der Waals surface area contributed by atoms with E-state index in [2.05, 4.69) is 83.3 Å². The molecule has 26 heavy (non-hydrogen) atoms. The molecule has 0 nitrogen and oxygen atoms in total. The Kier molecular flexibility index (Phi) is 20.0. The van der Waals surface area contributed by atoms with Gasteiger partial charge >= 0.3 is 0 Å². The Morgan fingerprint density at radius 2 is 1.50 bits per heavy atom. The molecule has 0 aliphatic carbocycles. The van der Waals surface area contributed by atoms with Crippen LogP contribution in [0.5, 0.6) is 0 Å². The minimum Gasteiger partial charge on any atom is -0.0990 e. The van der Waals surface area contributed by atoms with Crippen molar-refractivity contribution in [2.45, 2.75) is 70.2 Å². The molecule has 0 N–H and O–H groups in total. The van der Waals surface area contributed by atoms with E-state index in [1.54, 1.807) is 0 Å². The molecule has 0 aromatic heterocycles. The lowest BCUT2D eigenvalue weighted by atomic mass is 9.84. The summed E-state index contributed by atoms with van der Waals surface area (Å²) in [5.41, 5.74) is 7.56. The second-order valence-corrected chi connectivity index (χ2v) is 5.34. The van der Waals surface area contributed by atoms with E-state index in [0.29, 0.717) is 0 Å². The zero-order valence-electron chi connectivity index (χ0n) is 14.4. The van der Waals surface area contributed by atoms with Gasteiger partial charge in [0.25, 0.3) is 0 Å². The van der Waals surface area contributed by atoms with E-state index in [0.717, 1.165) is 18.4 Å². The second-order valence-electron chi connectivity index (χ2n) is 5.34. The first kappa shape index (κ1) is 31.7. The van der Waals surface area contributed by atoms with Gasteiger partial charge in [-0.2, -0.15) is 0 Å². The van der Waals surface area contributed by atoms with Crippen molar-refractivity contribution < 1.29 is 0 Å². The van der Waals surface area contributed by atoms with Crippen LogP contribution in [-0.4, -0.2) is 0 Å². The van der Waals surface area contributed by atoms with Crippen LogP contribution in [0.25, 0.3) is 5.57 Å². The molecular weight excluding hydrogens is 312 g/mol.